The minimum atomic E-state index is 0.327. The van der Waals surface area contributed by atoms with Crippen molar-refractivity contribution in [2.75, 3.05) is 25.0 Å². The number of rotatable bonds is 5. The van der Waals surface area contributed by atoms with E-state index >= 15 is 0 Å². The van der Waals surface area contributed by atoms with Crippen LogP contribution in [0.2, 0.25) is 5.15 Å². The maximum Gasteiger partial charge on any atom is 0.243 e. The lowest BCUT2D eigenvalue weighted by molar-refractivity contribution is 0.214. The van der Waals surface area contributed by atoms with Crippen molar-refractivity contribution in [2.45, 2.75) is 38.6 Å². The normalized spacial score (nSPS) is 19.6. The molecule has 1 aromatic rings. The Morgan fingerprint density at radius 2 is 2.35 bits per heavy atom. The predicted molar refractivity (Wildman–Crippen MR) is 77.5 cm³/mol. The summed E-state index contributed by atoms with van der Waals surface area (Å²) in [5.74, 6) is 0.538. The van der Waals surface area contributed by atoms with Crippen molar-refractivity contribution in [2.24, 2.45) is 0 Å². The van der Waals surface area contributed by atoms with Gasteiger partial charge < -0.3 is 10.2 Å². The summed E-state index contributed by atoms with van der Waals surface area (Å²) in [6.45, 7) is 4.85. The fourth-order valence-electron chi connectivity index (χ4n) is 2.39. The maximum atomic E-state index is 8.58. The molecular weight excluding hydrogens is 276 g/mol. The smallest absolute Gasteiger partial charge is 0.243 e. The zero-order chi connectivity index (χ0) is 14.4. The van der Waals surface area contributed by atoms with Crippen LogP contribution < -0.4 is 5.32 Å². The molecule has 0 amide bonds. The average Bonchev–Trinajstić information content (AvgIpc) is 2.44. The fourth-order valence-corrected chi connectivity index (χ4v) is 2.47. The monoisotopic (exact) mass is 294 g/mol. The van der Waals surface area contributed by atoms with Gasteiger partial charge in [-0.25, -0.2) is 4.98 Å². The van der Waals surface area contributed by atoms with Gasteiger partial charge in [0.25, 0.3) is 0 Å². The van der Waals surface area contributed by atoms with E-state index in [9.17, 15) is 0 Å². The van der Waals surface area contributed by atoms with Crippen molar-refractivity contribution < 1.29 is 0 Å². The second-order valence-electron chi connectivity index (χ2n) is 5.06. The van der Waals surface area contributed by atoms with Crippen LogP contribution in [0.1, 0.15) is 31.4 Å². The number of hydrogen-bond acceptors (Lipinski definition) is 6. The molecule has 6 nitrogen and oxygen atoms in total. The molecule has 1 fully saturated rings. The maximum absolute atomic E-state index is 8.58. The summed E-state index contributed by atoms with van der Waals surface area (Å²) < 4.78 is 0. The molecule has 1 aromatic heterocycles. The van der Waals surface area contributed by atoms with Crippen LogP contribution in [0.15, 0.2) is 0 Å². The number of nitrogens with one attached hydrogen (secondary N) is 1. The Bertz CT molecular complexity index is 486. The third kappa shape index (κ3) is 4.29. The van der Waals surface area contributed by atoms with E-state index in [2.05, 4.69) is 31.5 Å². The number of halogens is 1. The van der Waals surface area contributed by atoms with Gasteiger partial charge in [0.05, 0.1) is 11.8 Å². The molecule has 2 heterocycles. The van der Waals surface area contributed by atoms with E-state index in [1.54, 1.807) is 0 Å². The Kier molecular flexibility index (Phi) is 5.50. The topological polar surface area (TPSA) is 77.7 Å². The van der Waals surface area contributed by atoms with Crippen molar-refractivity contribution in [3.8, 4) is 6.07 Å². The molecule has 0 radical (unpaired) electrons. The number of nitrogens with zero attached hydrogens (tertiary/aromatic N) is 5. The third-order valence-electron chi connectivity index (χ3n) is 3.41. The first-order valence-electron chi connectivity index (χ1n) is 6.91. The number of aromatic nitrogens is 3. The van der Waals surface area contributed by atoms with Gasteiger partial charge in [0, 0.05) is 19.0 Å². The van der Waals surface area contributed by atoms with Gasteiger partial charge in [0.1, 0.15) is 0 Å². The predicted octanol–water partition coefficient (Wildman–Crippen LogP) is 2.01. The van der Waals surface area contributed by atoms with Gasteiger partial charge in [-0.15, -0.1) is 10.2 Å². The van der Waals surface area contributed by atoms with Crippen LogP contribution in [0.3, 0.4) is 0 Å². The van der Waals surface area contributed by atoms with Crippen LogP contribution in [0.5, 0.6) is 0 Å². The Morgan fingerprint density at radius 1 is 1.50 bits per heavy atom. The van der Waals surface area contributed by atoms with Gasteiger partial charge in [-0.1, -0.05) is 11.6 Å². The number of piperidine rings is 1. The molecule has 1 N–H and O–H groups in total. The number of nitriles is 1. The first-order valence-corrected chi connectivity index (χ1v) is 7.29. The van der Waals surface area contributed by atoms with Crippen molar-refractivity contribution in [3.63, 3.8) is 0 Å². The molecule has 0 aliphatic carbocycles. The van der Waals surface area contributed by atoms with Gasteiger partial charge in [0.15, 0.2) is 5.15 Å². The van der Waals surface area contributed by atoms with E-state index in [0.29, 0.717) is 29.3 Å². The number of aryl methyl sites for hydroxylation is 1. The highest BCUT2D eigenvalue weighted by Gasteiger charge is 2.20. The Labute approximate surface area is 124 Å². The summed E-state index contributed by atoms with van der Waals surface area (Å²) in [6, 6.07) is 2.51. The van der Waals surface area contributed by atoms with Crippen molar-refractivity contribution in [3.05, 3.63) is 10.8 Å². The molecule has 0 bridgehead atoms. The molecule has 1 aliphatic heterocycles. The SMILES string of the molecule is Cc1nc(N[C@@H]2CCCN(CCCC#N)C2)nnc1Cl. The van der Waals surface area contributed by atoms with E-state index < -0.39 is 0 Å². The summed E-state index contributed by atoms with van der Waals surface area (Å²) in [4.78, 5) is 6.67. The van der Waals surface area contributed by atoms with Crippen LogP contribution in [-0.4, -0.2) is 45.8 Å². The van der Waals surface area contributed by atoms with Gasteiger partial charge in [0.2, 0.25) is 5.95 Å². The first-order chi connectivity index (χ1) is 9.69. The molecule has 2 rings (SSSR count). The quantitative estimate of drug-likeness (QED) is 0.837. The third-order valence-corrected chi connectivity index (χ3v) is 3.76. The van der Waals surface area contributed by atoms with Crippen LogP contribution in [0.25, 0.3) is 0 Å². The molecule has 20 heavy (non-hydrogen) atoms. The second-order valence-corrected chi connectivity index (χ2v) is 5.42. The minimum Gasteiger partial charge on any atom is -0.349 e. The second kappa shape index (κ2) is 7.36. The summed E-state index contributed by atoms with van der Waals surface area (Å²) >= 11 is 5.82. The Morgan fingerprint density at radius 3 is 3.10 bits per heavy atom. The largest absolute Gasteiger partial charge is 0.349 e. The highest BCUT2D eigenvalue weighted by molar-refractivity contribution is 6.29. The molecule has 0 aromatic carbocycles. The lowest BCUT2D eigenvalue weighted by atomic mass is 10.1. The van der Waals surface area contributed by atoms with E-state index in [1.165, 1.54) is 0 Å². The fraction of sp³-hybridized carbons (Fsp3) is 0.692. The van der Waals surface area contributed by atoms with Crippen LogP contribution in [0, 0.1) is 18.3 Å². The number of unbranched alkanes of at least 4 members (excludes halogenated alkanes) is 1. The van der Waals surface area contributed by atoms with Crippen molar-refractivity contribution in [1.29, 1.82) is 5.26 Å². The molecule has 7 heteroatoms. The van der Waals surface area contributed by atoms with Gasteiger partial charge in [-0.3, -0.25) is 0 Å². The van der Waals surface area contributed by atoms with Gasteiger partial charge in [-0.2, -0.15) is 5.26 Å². The van der Waals surface area contributed by atoms with Gasteiger partial charge >= 0.3 is 0 Å². The molecule has 1 saturated heterocycles. The standard InChI is InChI=1S/C13H19ClN6/c1-10-12(14)18-19-13(16-10)17-11-5-4-8-20(9-11)7-3-2-6-15/h11H,2-5,7-9H2,1H3,(H,16,17,19)/t11-/m1/s1. The van der Waals surface area contributed by atoms with Crippen LogP contribution in [0.4, 0.5) is 5.95 Å². The summed E-state index contributed by atoms with van der Waals surface area (Å²) in [7, 11) is 0. The number of hydrogen-bond donors (Lipinski definition) is 1. The number of likely N-dealkylation sites (tertiary alicyclic amines) is 1. The summed E-state index contributed by atoms with van der Waals surface area (Å²) in [5, 5.41) is 20.1. The molecule has 0 saturated carbocycles. The zero-order valence-electron chi connectivity index (χ0n) is 11.6. The van der Waals surface area contributed by atoms with E-state index in [-0.39, 0.29) is 0 Å². The van der Waals surface area contributed by atoms with Crippen LogP contribution >= 0.6 is 11.6 Å². The van der Waals surface area contributed by atoms with Crippen molar-refractivity contribution in [1.82, 2.24) is 20.1 Å². The molecule has 0 spiro atoms. The van der Waals surface area contributed by atoms with E-state index in [1.807, 2.05) is 6.92 Å². The molecular formula is C13H19ClN6. The summed E-state index contributed by atoms with van der Waals surface area (Å²) in [5.41, 5.74) is 0.686. The van der Waals surface area contributed by atoms with Crippen LogP contribution in [-0.2, 0) is 0 Å². The lowest BCUT2D eigenvalue weighted by Crippen LogP contribution is -2.42. The molecule has 0 unspecified atom stereocenters. The molecule has 1 aliphatic rings. The molecule has 108 valence electrons. The Hall–Kier alpha value is -1.45. The average molecular weight is 295 g/mol. The lowest BCUT2D eigenvalue weighted by Gasteiger charge is -2.32. The molecule has 1 atom stereocenters. The number of anilines is 1. The highest BCUT2D eigenvalue weighted by Crippen LogP contribution is 2.15. The summed E-state index contributed by atoms with van der Waals surface area (Å²) in [6.07, 6.45) is 3.79. The van der Waals surface area contributed by atoms with E-state index in [4.69, 9.17) is 16.9 Å². The first kappa shape index (κ1) is 14.9. The van der Waals surface area contributed by atoms with Gasteiger partial charge in [-0.05, 0) is 39.3 Å². The highest BCUT2D eigenvalue weighted by atomic mass is 35.5. The zero-order valence-corrected chi connectivity index (χ0v) is 12.4. The minimum absolute atomic E-state index is 0.327. The van der Waals surface area contributed by atoms with Crippen molar-refractivity contribution >= 4 is 17.5 Å². The Balaban J connectivity index is 1.86. The van der Waals surface area contributed by atoms with E-state index in [0.717, 1.165) is 38.9 Å².